The summed E-state index contributed by atoms with van der Waals surface area (Å²) < 4.78 is 13.3. The Balaban J connectivity index is 1.26. The summed E-state index contributed by atoms with van der Waals surface area (Å²) in [5.41, 5.74) is 3.41. The average molecular weight is 457 g/mol. The standard InChI is InChI=1S/C24H33FN6S/c1-31(2)22-20-8-3-4-9-21(20)29-23(30-22)27-18-10-12-19(13-11-18)28-24(32)26-15-16-6-5-7-17(25)14-16/h5-7,14,18-19H,3-4,8-13,15H2,1-2H3,(H2,26,28,32)(H,27,29,30)/t18-,19+. The number of nitrogens with zero attached hydrogens (tertiary/aromatic N) is 3. The van der Waals surface area contributed by atoms with Gasteiger partial charge in [-0.05, 0) is 81.3 Å². The highest BCUT2D eigenvalue weighted by atomic mass is 32.1. The van der Waals surface area contributed by atoms with Gasteiger partial charge < -0.3 is 20.9 Å². The molecule has 1 aromatic heterocycles. The van der Waals surface area contributed by atoms with E-state index in [2.05, 4.69) is 34.9 Å². The van der Waals surface area contributed by atoms with Gasteiger partial charge >= 0.3 is 0 Å². The smallest absolute Gasteiger partial charge is 0.225 e. The van der Waals surface area contributed by atoms with Gasteiger partial charge in [-0.2, -0.15) is 4.98 Å². The summed E-state index contributed by atoms with van der Waals surface area (Å²) in [4.78, 5) is 11.8. The van der Waals surface area contributed by atoms with Crippen LogP contribution in [0.3, 0.4) is 0 Å². The molecule has 0 radical (unpaired) electrons. The van der Waals surface area contributed by atoms with Crippen LogP contribution in [0.4, 0.5) is 16.2 Å². The number of fused-ring (bicyclic) bond motifs is 1. The second-order valence-corrected chi connectivity index (χ2v) is 9.46. The zero-order valence-electron chi connectivity index (χ0n) is 19.0. The van der Waals surface area contributed by atoms with Crippen LogP contribution in [-0.4, -0.2) is 41.3 Å². The van der Waals surface area contributed by atoms with E-state index in [-0.39, 0.29) is 5.82 Å². The topological polar surface area (TPSA) is 65.1 Å². The maximum Gasteiger partial charge on any atom is 0.225 e. The van der Waals surface area contributed by atoms with Gasteiger partial charge in [-0.25, -0.2) is 9.37 Å². The van der Waals surface area contributed by atoms with Crippen molar-refractivity contribution in [1.82, 2.24) is 20.6 Å². The van der Waals surface area contributed by atoms with Gasteiger partial charge in [0.05, 0.1) is 5.69 Å². The highest BCUT2D eigenvalue weighted by Crippen LogP contribution is 2.29. The summed E-state index contributed by atoms with van der Waals surface area (Å²) in [6, 6.07) is 7.30. The molecule has 8 heteroatoms. The number of halogens is 1. The van der Waals surface area contributed by atoms with Crippen molar-refractivity contribution in [3.8, 4) is 0 Å². The van der Waals surface area contributed by atoms with Crippen LogP contribution in [0.15, 0.2) is 24.3 Å². The molecular formula is C24H33FN6S. The summed E-state index contributed by atoms with van der Waals surface area (Å²) in [5, 5.41) is 10.8. The third-order valence-electron chi connectivity index (χ3n) is 6.32. The molecule has 2 aromatic rings. The van der Waals surface area contributed by atoms with Crippen LogP contribution >= 0.6 is 12.2 Å². The van der Waals surface area contributed by atoms with E-state index < -0.39 is 0 Å². The summed E-state index contributed by atoms with van der Waals surface area (Å²) in [6.07, 6.45) is 8.71. The molecular weight excluding hydrogens is 423 g/mol. The fourth-order valence-corrected chi connectivity index (χ4v) is 4.88. The molecule has 1 heterocycles. The molecule has 172 valence electrons. The van der Waals surface area contributed by atoms with E-state index in [1.54, 1.807) is 6.07 Å². The van der Waals surface area contributed by atoms with Crippen LogP contribution in [-0.2, 0) is 19.4 Å². The van der Waals surface area contributed by atoms with Crippen molar-refractivity contribution < 1.29 is 4.39 Å². The number of rotatable bonds is 6. The lowest BCUT2D eigenvalue weighted by Gasteiger charge is -2.31. The van der Waals surface area contributed by atoms with Gasteiger partial charge in [0, 0.05) is 38.3 Å². The molecule has 6 nitrogen and oxygen atoms in total. The fraction of sp³-hybridized carbons (Fsp3) is 0.542. The fourth-order valence-electron chi connectivity index (χ4n) is 4.64. The van der Waals surface area contributed by atoms with E-state index in [1.165, 1.54) is 36.2 Å². The number of nitrogens with one attached hydrogen (secondary N) is 3. The second-order valence-electron chi connectivity index (χ2n) is 9.05. The van der Waals surface area contributed by atoms with Crippen LogP contribution in [0, 0.1) is 5.82 Å². The van der Waals surface area contributed by atoms with E-state index in [0.29, 0.717) is 23.7 Å². The van der Waals surface area contributed by atoms with Gasteiger partial charge in [0.15, 0.2) is 5.11 Å². The molecule has 1 saturated carbocycles. The summed E-state index contributed by atoms with van der Waals surface area (Å²) in [6.45, 7) is 0.518. The number of aromatic nitrogens is 2. The number of thiocarbonyl (C=S) groups is 1. The molecule has 3 N–H and O–H groups in total. The minimum absolute atomic E-state index is 0.227. The number of hydrogen-bond donors (Lipinski definition) is 3. The van der Waals surface area contributed by atoms with Crippen LogP contribution in [0.2, 0.25) is 0 Å². The highest BCUT2D eigenvalue weighted by molar-refractivity contribution is 7.80. The maximum absolute atomic E-state index is 13.3. The monoisotopic (exact) mass is 456 g/mol. The van der Waals surface area contributed by atoms with E-state index >= 15 is 0 Å². The summed E-state index contributed by atoms with van der Waals surface area (Å²) in [5.74, 6) is 1.59. The minimum atomic E-state index is -0.227. The average Bonchev–Trinajstić information content (AvgIpc) is 2.78. The Kier molecular flexibility index (Phi) is 7.40. The Morgan fingerprint density at radius 2 is 1.84 bits per heavy atom. The predicted molar refractivity (Wildman–Crippen MR) is 132 cm³/mol. The van der Waals surface area contributed by atoms with Crippen molar-refractivity contribution in [2.24, 2.45) is 0 Å². The van der Waals surface area contributed by atoms with Gasteiger partial charge in [-0.15, -0.1) is 0 Å². The molecule has 1 aromatic carbocycles. The molecule has 1 fully saturated rings. The maximum atomic E-state index is 13.3. The first kappa shape index (κ1) is 22.7. The second kappa shape index (κ2) is 10.4. The summed E-state index contributed by atoms with van der Waals surface area (Å²) >= 11 is 5.44. The van der Waals surface area contributed by atoms with Gasteiger partial charge in [-0.3, -0.25) is 0 Å². The Labute approximate surface area is 195 Å². The zero-order chi connectivity index (χ0) is 22.5. The minimum Gasteiger partial charge on any atom is -0.362 e. The van der Waals surface area contributed by atoms with Crippen LogP contribution in [0.5, 0.6) is 0 Å². The number of anilines is 2. The van der Waals surface area contributed by atoms with Gasteiger partial charge in [-0.1, -0.05) is 12.1 Å². The van der Waals surface area contributed by atoms with Gasteiger partial charge in [0.1, 0.15) is 11.6 Å². The van der Waals surface area contributed by atoms with E-state index in [4.69, 9.17) is 22.2 Å². The first-order valence-electron chi connectivity index (χ1n) is 11.6. The largest absolute Gasteiger partial charge is 0.362 e. The lowest BCUT2D eigenvalue weighted by atomic mass is 9.91. The van der Waals surface area contributed by atoms with Crippen molar-refractivity contribution >= 4 is 29.1 Å². The Morgan fingerprint density at radius 3 is 2.59 bits per heavy atom. The van der Waals surface area contributed by atoms with Crippen molar-refractivity contribution in [3.63, 3.8) is 0 Å². The van der Waals surface area contributed by atoms with Crippen LogP contribution < -0.4 is 20.9 Å². The third-order valence-corrected chi connectivity index (χ3v) is 6.58. The van der Waals surface area contributed by atoms with Crippen molar-refractivity contribution in [3.05, 3.63) is 46.9 Å². The Morgan fingerprint density at radius 1 is 1.09 bits per heavy atom. The summed E-state index contributed by atoms with van der Waals surface area (Å²) in [7, 11) is 4.12. The molecule has 0 aliphatic heterocycles. The first-order chi connectivity index (χ1) is 15.5. The lowest BCUT2D eigenvalue weighted by Crippen LogP contribution is -2.44. The number of aryl methyl sites for hydroxylation is 1. The van der Waals surface area contributed by atoms with Crippen molar-refractivity contribution in [2.75, 3.05) is 24.3 Å². The zero-order valence-corrected chi connectivity index (χ0v) is 19.8. The van der Waals surface area contributed by atoms with Crippen LogP contribution in [0.1, 0.15) is 55.3 Å². The number of benzene rings is 1. The predicted octanol–water partition coefficient (Wildman–Crippen LogP) is 3.95. The molecule has 0 bridgehead atoms. The van der Waals surface area contributed by atoms with Gasteiger partial charge in [0.2, 0.25) is 5.95 Å². The molecule has 32 heavy (non-hydrogen) atoms. The quantitative estimate of drug-likeness (QED) is 0.569. The van der Waals surface area contributed by atoms with E-state index in [0.717, 1.165) is 55.9 Å². The van der Waals surface area contributed by atoms with E-state index in [1.807, 2.05) is 6.07 Å². The lowest BCUT2D eigenvalue weighted by molar-refractivity contribution is 0.385. The molecule has 0 amide bonds. The Hall–Kier alpha value is -2.48. The first-order valence-corrected chi connectivity index (χ1v) is 12.0. The van der Waals surface area contributed by atoms with Crippen molar-refractivity contribution in [1.29, 1.82) is 0 Å². The van der Waals surface area contributed by atoms with Crippen LogP contribution in [0.25, 0.3) is 0 Å². The SMILES string of the molecule is CN(C)c1nc(N[C@H]2CC[C@@H](NC(=S)NCc3cccc(F)c3)CC2)nc2c1CCCC2. The molecule has 0 spiro atoms. The molecule has 0 atom stereocenters. The molecule has 0 saturated heterocycles. The highest BCUT2D eigenvalue weighted by Gasteiger charge is 2.24. The van der Waals surface area contributed by atoms with Crippen molar-refractivity contribution in [2.45, 2.75) is 70.0 Å². The third kappa shape index (κ3) is 5.85. The molecule has 2 aliphatic rings. The normalized spacial score (nSPS) is 20.2. The molecule has 0 unspecified atom stereocenters. The Bertz CT molecular complexity index is 942. The van der Waals surface area contributed by atoms with E-state index in [9.17, 15) is 4.39 Å². The molecule has 2 aliphatic carbocycles. The van der Waals surface area contributed by atoms with Gasteiger partial charge in [0.25, 0.3) is 0 Å². The number of hydrogen-bond acceptors (Lipinski definition) is 5. The molecule has 4 rings (SSSR count).